The summed E-state index contributed by atoms with van der Waals surface area (Å²) in [5.41, 5.74) is 1.43. The normalized spacial score (nSPS) is 14.3. The maximum absolute atomic E-state index is 8.99. The monoisotopic (exact) mass is 186 g/mol. The quantitative estimate of drug-likeness (QED) is 0.528. The molecule has 0 aliphatic heterocycles. The minimum atomic E-state index is -0.109. The van der Waals surface area contributed by atoms with Crippen LogP contribution >= 0.6 is 0 Å². The number of allylic oxidation sites excluding steroid dienone is 1. The van der Waals surface area contributed by atoms with Crippen molar-refractivity contribution in [2.24, 2.45) is 5.92 Å². The second-order valence-corrected chi connectivity index (χ2v) is 2.90. The lowest BCUT2D eigenvalue weighted by molar-refractivity contribution is 0.251. The molecule has 0 aromatic heterocycles. The minimum Gasteiger partial charge on any atom is -0.396 e. The Morgan fingerprint density at radius 3 is 2.23 bits per heavy atom. The van der Waals surface area contributed by atoms with Gasteiger partial charge in [-0.05, 0) is 24.5 Å². The standard InChI is InChI=1S/C10H18O3/c1-3-9(7-13)10(4-5-11)8(2)6-12/h3,10-13H,2,4-7H2,1H3/b9-3-/t10-/m1/s1. The van der Waals surface area contributed by atoms with E-state index in [2.05, 4.69) is 6.58 Å². The Kier molecular flexibility index (Phi) is 6.49. The number of aliphatic hydroxyl groups is 3. The van der Waals surface area contributed by atoms with E-state index in [0.717, 1.165) is 5.57 Å². The van der Waals surface area contributed by atoms with Crippen molar-refractivity contribution in [3.63, 3.8) is 0 Å². The van der Waals surface area contributed by atoms with Crippen molar-refractivity contribution in [3.05, 3.63) is 23.8 Å². The fourth-order valence-electron chi connectivity index (χ4n) is 1.29. The molecule has 3 N–H and O–H groups in total. The zero-order valence-electron chi connectivity index (χ0n) is 8.03. The molecule has 0 saturated heterocycles. The molecule has 1 atom stereocenters. The van der Waals surface area contributed by atoms with Gasteiger partial charge in [-0.3, -0.25) is 0 Å². The predicted octanol–water partition coefficient (Wildman–Crippen LogP) is 0.472. The zero-order valence-corrected chi connectivity index (χ0v) is 8.03. The summed E-state index contributed by atoms with van der Waals surface area (Å²) in [5.74, 6) is -0.106. The number of rotatable bonds is 6. The van der Waals surface area contributed by atoms with Crippen molar-refractivity contribution in [2.75, 3.05) is 19.8 Å². The number of aliphatic hydroxyl groups excluding tert-OH is 3. The molecule has 0 aromatic carbocycles. The Hall–Kier alpha value is -0.640. The van der Waals surface area contributed by atoms with E-state index < -0.39 is 0 Å². The van der Waals surface area contributed by atoms with Crippen LogP contribution in [0.4, 0.5) is 0 Å². The van der Waals surface area contributed by atoms with Gasteiger partial charge in [0.2, 0.25) is 0 Å². The van der Waals surface area contributed by atoms with Crippen molar-refractivity contribution in [2.45, 2.75) is 13.3 Å². The van der Waals surface area contributed by atoms with Crippen LogP contribution in [0.1, 0.15) is 13.3 Å². The van der Waals surface area contributed by atoms with E-state index in [9.17, 15) is 0 Å². The molecular weight excluding hydrogens is 168 g/mol. The first-order valence-electron chi connectivity index (χ1n) is 4.36. The van der Waals surface area contributed by atoms with Gasteiger partial charge in [0.05, 0.1) is 13.2 Å². The van der Waals surface area contributed by atoms with E-state index in [1.807, 2.05) is 6.92 Å². The Balaban J connectivity index is 4.48. The van der Waals surface area contributed by atoms with Crippen molar-refractivity contribution < 1.29 is 15.3 Å². The highest BCUT2D eigenvalue weighted by atomic mass is 16.3. The van der Waals surface area contributed by atoms with E-state index >= 15 is 0 Å². The molecule has 3 heteroatoms. The predicted molar refractivity (Wildman–Crippen MR) is 52.3 cm³/mol. The van der Waals surface area contributed by atoms with E-state index in [-0.39, 0.29) is 25.7 Å². The Labute approximate surface area is 79.0 Å². The molecule has 0 fully saturated rings. The summed E-state index contributed by atoms with van der Waals surface area (Å²) < 4.78 is 0. The van der Waals surface area contributed by atoms with Crippen LogP contribution in [0.15, 0.2) is 23.8 Å². The third kappa shape index (κ3) is 3.72. The molecule has 0 aromatic rings. The lowest BCUT2D eigenvalue weighted by Crippen LogP contribution is -2.14. The van der Waals surface area contributed by atoms with Gasteiger partial charge in [0.25, 0.3) is 0 Å². The first-order chi connectivity index (χ1) is 6.21. The van der Waals surface area contributed by atoms with Gasteiger partial charge in [-0.25, -0.2) is 0 Å². The van der Waals surface area contributed by atoms with Crippen LogP contribution in [-0.4, -0.2) is 35.1 Å². The summed E-state index contributed by atoms with van der Waals surface area (Å²) in [6.45, 7) is 5.38. The van der Waals surface area contributed by atoms with E-state index in [1.54, 1.807) is 6.08 Å². The molecule has 0 amide bonds. The lowest BCUT2D eigenvalue weighted by Gasteiger charge is -2.19. The molecule has 0 spiro atoms. The summed E-state index contributed by atoms with van der Waals surface area (Å²) in [4.78, 5) is 0. The average Bonchev–Trinajstić information content (AvgIpc) is 2.17. The maximum atomic E-state index is 8.99. The summed E-state index contributed by atoms with van der Waals surface area (Å²) >= 11 is 0. The molecule has 13 heavy (non-hydrogen) atoms. The molecule has 0 aliphatic carbocycles. The average molecular weight is 186 g/mol. The van der Waals surface area contributed by atoms with Crippen LogP contribution in [0.2, 0.25) is 0 Å². The van der Waals surface area contributed by atoms with Crippen molar-refractivity contribution >= 4 is 0 Å². The molecule has 0 bridgehead atoms. The summed E-state index contributed by atoms with van der Waals surface area (Å²) in [5, 5.41) is 26.7. The maximum Gasteiger partial charge on any atom is 0.0647 e. The summed E-state index contributed by atoms with van der Waals surface area (Å²) in [6.07, 6.45) is 2.29. The smallest absolute Gasteiger partial charge is 0.0647 e. The first kappa shape index (κ1) is 12.4. The molecule has 0 rings (SSSR count). The number of hydrogen-bond acceptors (Lipinski definition) is 3. The zero-order chi connectivity index (χ0) is 10.3. The highest BCUT2D eigenvalue weighted by molar-refractivity contribution is 5.19. The highest BCUT2D eigenvalue weighted by Gasteiger charge is 2.15. The lowest BCUT2D eigenvalue weighted by atomic mass is 9.89. The molecular formula is C10H18O3. The van der Waals surface area contributed by atoms with Crippen molar-refractivity contribution in [1.29, 1.82) is 0 Å². The molecule has 0 unspecified atom stereocenters. The molecule has 0 aliphatic rings. The summed E-state index contributed by atoms with van der Waals surface area (Å²) in [6, 6.07) is 0. The van der Waals surface area contributed by atoms with E-state index in [0.29, 0.717) is 12.0 Å². The van der Waals surface area contributed by atoms with Crippen LogP contribution in [0.25, 0.3) is 0 Å². The van der Waals surface area contributed by atoms with Crippen LogP contribution in [0.5, 0.6) is 0 Å². The second-order valence-electron chi connectivity index (χ2n) is 2.90. The van der Waals surface area contributed by atoms with Crippen LogP contribution in [0.3, 0.4) is 0 Å². The van der Waals surface area contributed by atoms with Gasteiger partial charge in [0.1, 0.15) is 0 Å². The second kappa shape index (κ2) is 6.83. The molecule has 3 nitrogen and oxygen atoms in total. The topological polar surface area (TPSA) is 60.7 Å². The van der Waals surface area contributed by atoms with Gasteiger partial charge in [-0.1, -0.05) is 12.7 Å². The summed E-state index contributed by atoms with van der Waals surface area (Å²) in [7, 11) is 0. The van der Waals surface area contributed by atoms with Gasteiger partial charge < -0.3 is 15.3 Å². The third-order valence-electron chi connectivity index (χ3n) is 2.11. The Bertz CT molecular complexity index is 185. The van der Waals surface area contributed by atoms with Gasteiger partial charge in [0.15, 0.2) is 0 Å². The molecule has 0 radical (unpaired) electrons. The van der Waals surface area contributed by atoms with E-state index in [1.165, 1.54) is 0 Å². The molecule has 0 heterocycles. The van der Waals surface area contributed by atoms with Crippen LogP contribution in [0, 0.1) is 5.92 Å². The van der Waals surface area contributed by atoms with Crippen LogP contribution in [-0.2, 0) is 0 Å². The Morgan fingerprint density at radius 2 is 1.92 bits per heavy atom. The largest absolute Gasteiger partial charge is 0.396 e. The number of hydrogen-bond donors (Lipinski definition) is 3. The van der Waals surface area contributed by atoms with Gasteiger partial charge in [-0.2, -0.15) is 0 Å². The van der Waals surface area contributed by atoms with Gasteiger partial charge in [-0.15, -0.1) is 0 Å². The van der Waals surface area contributed by atoms with Gasteiger partial charge in [0, 0.05) is 12.5 Å². The third-order valence-corrected chi connectivity index (χ3v) is 2.11. The minimum absolute atomic E-state index is 0.0288. The molecule has 0 saturated carbocycles. The highest BCUT2D eigenvalue weighted by Crippen LogP contribution is 2.21. The fraction of sp³-hybridized carbons (Fsp3) is 0.600. The Morgan fingerprint density at radius 1 is 1.31 bits per heavy atom. The molecule has 76 valence electrons. The van der Waals surface area contributed by atoms with E-state index in [4.69, 9.17) is 15.3 Å². The van der Waals surface area contributed by atoms with Crippen molar-refractivity contribution in [1.82, 2.24) is 0 Å². The van der Waals surface area contributed by atoms with Gasteiger partial charge >= 0.3 is 0 Å². The first-order valence-corrected chi connectivity index (χ1v) is 4.36. The SMILES string of the molecule is C=C(CO)[C@@H](CCO)/C(=C\C)CO. The van der Waals surface area contributed by atoms with Crippen molar-refractivity contribution in [3.8, 4) is 0 Å². The fourth-order valence-corrected chi connectivity index (χ4v) is 1.29. The van der Waals surface area contributed by atoms with Crippen LogP contribution < -0.4 is 0 Å².